The highest BCUT2D eigenvalue weighted by atomic mass is 32.2. The monoisotopic (exact) mass is 416 g/mol. The first-order chi connectivity index (χ1) is 13.4. The number of amides is 1. The summed E-state index contributed by atoms with van der Waals surface area (Å²) in [7, 11) is -0.644. The first-order valence-electron chi connectivity index (χ1n) is 8.46. The van der Waals surface area contributed by atoms with Crippen LogP contribution in [0.2, 0.25) is 0 Å². The Labute approximate surface area is 168 Å². The van der Waals surface area contributed by atoms with Gasteiger partial charge in [0.25, 0.3) is 5.91 Å². The number of hydrogen-bond acceptors (Lipinski definition) is 5. The van der Waals surface area contributed by atoms with Crippen molar-refractivity contribution in [2.75, 3.05) is 19.4 Å². The highest BCUT2D eigenvalue weighted by Gasteiger charge is 2.18. The number of hydrogen-bond donors (Lipinski definition) is 1. The lowest BCUT2D eigenvalue weighted by Crippen LogP contribution is -2.22. The fourth-order valence-corrected chi connectivity index (χ4v) is 4.37. The topological polar surface area (TPSA) is 79.6 Å². The average Bonchev–Trinajstić information content (AvgIpc) is 3.20. The Hall–Kier alpha value is -2.55. The number of anilines is 1. The Bertz CT molecular complexity index is 1060. The van der Waals surface area contributed by atoms with Gasteiger partial charge < -0.3 is 9.73 Å². The molecule has 8 heteroatoms. The molecule has 0 aliphatic rings. The average molecular weight is 417 g/mol. The molecular weight excluding hydrogens is 396 g/mol. The van der Waals surface area contributed by atoms with Gasteiger partial charge in [-0.25, -0.2) is 12.7 Å². The summed E-state index contributed by atoms with van der Waals surface area (Å²) in [6.07, 6.45) is 1.61. The summed E-state index contributed by atoms with van der Waals surface area (Å²) in [4.78, 5) is 13.7. The third-order valence-electron chi connectivity index (χ3n) is 3.95. The van der Waals surface area contributed by atoms with Crippen LogP contribution >= 0.6 is 11.8 Å². The molecule has 2 aromatic carbocycles. The van der Waals surface area contributed by atoms with E-state index in [2.05, 4.69) is 5.32 Å². The van der Waals surface area contributed by atoms with E-state index in [1.165, 1.54) is 38.0 Å². The molecule has 0 aliphatic carbocycles. The number of carbonyl (C=O) groups is 1. The van der Waals surface area contributed by atoms with Crippen molar-refractivity contribution in [2.45, 2.75) is 15.5 Å². The third-order valence-corrected chi connectivity index (χ3v) is 6.86. The lowest BCUT2D eigenvalue weighted by Gasteiger charge is -2.13. The van der Waals surface area contributed by atoms with Crippen LogP contribution in [-0.4, -0.2) is 32.7 Å². The van der Waals surface area contributed by atoms with E-state index < -0.39 is 10.0 Å². The van der Waals surface area contributed by atoms with Crippen molar-refractivity contribution < 1.29 is 17.6 Å². The van der Waals surface area contributed by atoms with Crippen LogP contribution in [0, 0.1) is 0 Å². The number of carbonyl (C=O) groups excluding carboxylic acids is 1. The maximum Gasteiger partial charge on any atom is 0.256 e. The van der Waals surface area contributed by atoms with E-state index in [-0.39, 0.29) is 10.8 Å². The van der Waals surface area contributed by atoms with Crippen molar-refractivity contribution in [3.63, 3.8) is 0 Å². The van der Waals surface area contributed by atoms with Gasteiger partial charge in [-0.05, 0) is 42.5 Å². The van der Waals surface area contributed by atoms with Crippen LogP contribution in [0.1, 0.15) is 16.1 Å². The molecule has 0 aliphatic heterocycles. The standard InChI is InChI=1S/C20H20N2O4S2/c1-22(2)28(24,25)17-9-5-7-15(13-17)21-20(23)18-10-3-4-11-19(18)27-14-16-8-6-12-26-16/h3-13H,14H2,1-2H3,(H,21,23). The molecule has 0 unspecified atom stereocenters. The number of thioether (sulfide) groups is 1. The van der Waals surface area contributed by atoms with E-state index in [1.807, 2.05) is 24.3 Å². The quantitative estimate of drug-likeness (QED) is 0.587. The molecule has 0 fully saturated rings. The lowest BCUT2D eigenvalue weighted by molar-refractivity contribution is 0.102. The smallest absolute Gasteiger partial charge is 0.256 e. The summed E-state index contributed by atoms with van der Waals surface area (Å²) in [5, 5.41) is 2.78. The maximum atomic E-state index is 12.8. The van der Waals surface area contributed by atoms with Crippen molar-refractivity contribution >= 4 is 33.4 Å². The molecule has 0 atom stereocenters. The third kappa shape index (κ3) is 4.64. The molecule has 0 saturated heterocycles. The minimum absolute atomic E-state index is 0.121. The van der Waals surface area contributed by atoms with Gasteiger partial charge in [0, 0.05) is 24.7 Å². The normalized spacial score (nSPS) is 11.5. The van der Waals surface area contributed by atoms with Crippen LogP contribution in [0.15, 0.2) is 81.1 Å². The zero-order valence-corrected chi connectivity index (χ0v) is 17.1. The van der Waals surface area contributed by atoms with E-state index in [0.717, 1.165) is 15.0 Å². The Morgan fingerprint density at radius 1 is 1.07 bits per heavy atom. The highest BCUT2D eigenvalue weighted by molar-refractivity contribution is 7.98. The van der Waals surface area contributed by atoms with Gasteiger partial charge in [-0.1, -0.05) is 18.2 Å². The van der Waals surface area contributed by atoms with Gasteiger partial charge in [0.15, 0.2) is 0 Å². The Morgan fingerprint density at radius 2 is 1.86 bits per heavy atom. The molecule has 3 rings (SSSR count). The van der Waals surface area contributed by atoms with Crippen molar-refractivity contribution in [3.05, 3.63) is 78.3 Å². The van der Waals surface area contributed by atoms with E-state index in [0.29, 0.717) is 17.0 Å². The largest absolute Gasteiger partial charge is 0.468 e. The van der Waals surface area contributed by atoms with Crippen molar-refractivity contribution in [1.82, 2.24) is 4.31 Å². The van der Waals surface area contributed by atoms with Crippen LogP contribution in [0.3, 0.4) is 0 Å². The molecule has 6 nitrogen and oxygen atoms in total. The first-order valence-corrected chi connectivity index (χ1v) is 10.9. The zero-order chi connectivity index (χ0) is 20.1. The number of furan rings is 1. The van der Waals surface area contributed by atoms with Crippen LogP contribution in [0.4, 0.5) is 5.69 Å². The van der Waals surface area contributed by atoms with Crippen LogP contribution < -0.4 is 5.32 Å². The molecular formula is C20H20N2O4S2. The highest BCUT2D eigenvalue weighted by Crippen LogP contribution is 2.27. The Kier molecular flexibility index (Phi) is 6.23. The zero-order valence-electron chi connectivity index (χ0n) is 15.5. The predicted molar refractivity (Wildman–Crippen MR) is 110 cm³/mol. The molecule has 0 spiro atoms. The number of nitrogens with one attached hydrogen (secondary N) is 1. The molecule has 1 heterocycles. The molecule has 1 N–H and O–H groups in total. The van der Waals surface area contributed by atoms with Crippen molar-refractivity contribution in [1.29, 1.82) is 0 Å². The summed E-state index contributed by atoms with van der Waals surface area (Å²) < 4.78 is 31.1. The molecule has 0 saturated carbocycles. The van der Waals surface area contributed by atoms with Crippen molar-refractivity contribution in [2.24, 2.45) is 0 Å². The fraction of sp³-hybridized carbons (Fsp3) is 0.150. The summed E-state index contributed by atoms with van der Waals surface area (Å²) in [6.45, 7) is 0. The number of rotatable bonds is 7. The molecule has 1 amide bonds. The Balaban J connectivity index is 1.79. The van der Waals surface area contributed by atoms with E-state index >= 15 is 0 Å². The number of sulfonamides is 1. The number of benzene rings is 2. The van der Waals surface area contributed by atoms with Gasteiger partial charge in [-0.15, -0.1) is 11.8 Å². The molecule has 0 radical (unpaired) electrons. The number of nitrogens with zero attached hydrogens (tertiary/aromatic N) is 1. The second-order valence-electron chi connectivity index (χ2n) is 6.13. The van der Waals surface area contributed by atoms with Crippen LogP contribution in [-0.2, 0) is 15.8 Å². The molecule has 146 valence electrons. The second kappa shape index (κ2) is 8.64. The van der Waals surface area contributed by atoms with Gasteiger partial charge in [-0.3, -0.25) is 4.79 Å². The van der Waals surface area contributed by atoms with E-state index in [4.69, 9.17) is 4.42 Å². The van der Waals surface area contributed by atoms with Crippen LogP contribution in [0.25, 0.3) is 0 Å². The molecule has 0 bridgehead atoms. The summed E-state index contributed by atoms with van der Waals surface area (Å²) >= 11 is 1.50. The van der Waals surface area contributed by atoms with Gasteiger partial charge >= 0.3 is 0 Å². The van der Waals surface area contributed by atoms with Gasteiger partial charge in [-0.2, -0.15) is 0 Å². The molecule has 28 heavy (non-hydrogen) atoms. The van der Waals surface area contributed by atoms with Crippen LogP contribution in [0.5, 0.6) is 0 Å². The minimum Gasteiger partial charge on any atom is -0.468 e. The van der Waals surface area contributed by atoms with Crippen molar-refractivity contribution in [3.8, 4) is 0 Å². The predicted octanol–water partition coefficient (Wildman–Crippen LogP) is 4.07. The fourth-order valence-electron chi connectivity index (χ4n) is 2.47. The first kappa shape index (κ1) is 20.2. The van der Waals surface area contributed by atoms with Gasteiger partial charge in [0.2, 0.25) is 10.0 Å². The summed E-state index contributed by atoms with van der Waals surface area (Å²) in [5.41, 5.74) is 0.929. The summed E-state index contributed by atoms with van der Waals surface area (Å²) in [5.74, 6) is 1.12. The lowest BCUT2D eigenvalue weighted by atomic mass is 10.2. The van der Waals surface area contributed by atoms with Gasteiger partial charge in [0.05, 0.1) is 22.5 Å². The maximum absolute atomic E-state index is 12.8. The summed E-state index contributed by atoms with van der Waals surface area (Å²) in [6, 6.07) is 17.2. The second-order valence-corrected chi connectivity index (χ2v) is 9.30. The van der Waals surface area contributed by atoms with Gasteiger partial charge in [0.1, 0.15) is 5.76 Å². The van der Waals surface area contributed by atoms with E-state index in [1.54, 1.807) is 30.5 Å². The SMILES string of the molecule is CN(C)S(=O)(=O)c1cccc(NC(=O)c2ccccc2SCc2ccco2)c1. The minimum atomic E-state index is -3.57. The molecule has 1 aromatic heterocycles. The van der Waals surface area contributed by atoms with E-state index in [9.17, 15) is 13.2 Å². The Morgan fingerprint density at radius 3 is 2.57 bits per heavy atom. The molecule has 3 aromatic rings.